The Hall–Kier alpha value is -1.41. The van der Waals surface area contributed by atoms with Crippen molar-refractivity contribution in [3.8, 4) is 0 Å². The minimum absolute atomic E-state index is 0.289. The molecule has 0 amide bonds. The molecule has 0 aromatic heterocycles. The van der Waals surface area contributed by atoms with Crippen molar-refractivity contribution < 1.29 is 4.79 Å². The average molecular weight is 201 g/mol. The molecule has 1 heterocycles. The number of hydrogen-bond donors (Lipinski definition) is 0. The summed E-state index contributed by atoms with van der Waals surface area (Å²) < 4.78 is 0. The van der Waals surface area contributed by atoms with E-state index in [1.165, 1.54) is 0 Å². The quantitative estimate of drug-likeness (QED) is 0.647. The average Bonchev–Trinajstić information content (AvgIpc) is 2.25. The first kappa shape index (κ1) is 10.1. The maximum Gasteiger partial charge on any atom is 0.161 e. The molecule has 2 nitrogen and oxygen atoms in total. The molecule has 0 aliphatic carbocycles. The number of likely N-dealkylation sites (N-methyl/N-ethyl adjacent to an activating group) is 1. The highest BCUT2D eigenvalue weighted by Crippen LogP contribution is 2.14. The Morgan fingerprint density at radius 3 is 2.73 bits per heavy atom. The summed E-state index contributed by atoms with van der Waals surface area (Å²) in [5.41, 5.74) is 2.03. The lowest BCUT2D eigenvalue weighted by Crippen LogP contribution is -2.32. The molecule has 0 saturated carbocycles. The second-order valence-corrected chi connectivity index (χ2v) is 3.99. The summed E-state index contributed by atoms with van der Waals surface area (Å²) in [7, 11) is 2.05. The Bertz CT molecular complexity index is 381. The van der Waals surface area contributed by atoms with Crippen molar-refractivity contribution in [2.24, 2.45) is 0 Å². The molecule has 0 spiro atoms. The Balaban J connectivity index is 2.22. The molecular weight excluding hydrogens is 186 g/mol. The van der Waals surface area contributed by atoms with Crippen LogP contribution in [0.3, 0.4) is 0 Å². The van der Waals surface area contributed by atoms with Gasteiger partial charge >= 0.3 is 0 Å². The first-order valence-electron chi connectivity index (χ1n) is 5.23. The highest BCUT2D eigenvalue weighted by molar-refractivity contribution is 6.00. The summed E-state index contributed by atoms with van der Waals surface area (Å²) in [4.78, 5) is 13.8. The molecule has 1 aromatic carbocycles. The van der Waals surface area contributed by atoms with Gasteiger partial charge in [-0.15, -0.1) is 0 Å². The van der Waals surface area contributed by atoms with E-state index < -0.39 is 0 Å². The number of Topliss-reactive ketones (excluding diaryl/α,β-unsaturated/α-hetero) is 1. The van der Waals surface area contributed by atoms with Gasteiger partial charge in [0.2, 0.25) is 0 Å². The zero-order valence-electron chi connectivity index (χ0n) is 8.94. The van der Waals surface area contributed by atoms with Crippen LogP contribution >= 0.6 is 0 Å². The van der Waals surface area contributed by atoms with Gasteiger partial charge in [0.25, 0.3) is 0 Å². The second kappa shape index (κ2) is 4.41. The summed E-state index contributed by atoms with van der Waals surface area (Å²) >= 11 is 0. The minimum Gasteiger partial charge on any atom is -0.302 e. The molecule has 1 saturated heterocycles. The van der Waals surface area contributed by atoms with Gasteiger partial charge < -0.3 is 4.90 Å². The molecule has 1 fully saturated rings. The zero-order chi connectivity index (χ0) is 10.7. The molecule has 78 valence electrons. The van der Waals surface area contributed by atoms with E-state index in [4.69, 9.17) is 0 Å². The first-order valence-corrected chi connectivity index (χ1v) is 5.23. The van der Waals surface area contributed by atoms with E-state index in [1.54, 1.807) is 0 Å². The van der Waals surface area contributed by atoms with Gasteiger partial charge in [0.05, 0.1) is 0 Å². The molecule has 1 aromatic rings. The monoisotopic (exact) mass is 201 g/mol. The van der Waals surface area contributed by atoms with Crippen molar-refractivity contribution >= 4 is 11.9 Å². The standard InChI is InChI=1S/C13H15NO/c1-14-8-7-13(15)12(10-14)9-11-5-3-2-4-6-11/h2-6,9H,7-8,10H2,1H3. The van der Waals surface area contributed by atoms with Crippen molar-refractivity contribution in [3.05, 3.63) is 41.5 Å². The Kier molecular flexibility index (Phi) is 2.97. The predicted octanol–water partition coefficient (Wildman–Crippen LogP) is 1.97. The van der Waals surface area contributed by atoms with Crippen LogP contribution in [0.25, 0.3) is 6.08 Å². The van der Waals surface area contributed by atoms with Crippen molar-refractivity contribution in [2.45, 2.75) is 6.42 Å². The molecule has 0 unspecified atom stereocenters. The van der Waals surface area contributed by atoms with Crippen LogP contribution in [0, 0.1) is 0 Å². The van der Waals surface area contributed by atoms with Crippen molar-refractivity contribution in [1.29, 1.82) is 0 Å². The molecule has 0 N–H and O–H groups in total. The first-order chi connectivity index (χ1) is 7.25. The van der Waals surface area contributed by atoms with Gasteiger partial charge in [0.15, 0.2) is 5.78 Å². The third kappa shape index (κ3) is 2.54. The predicted molar refractivity (Wildman–Crippen MR) is 61.5 cm³/mol. The summed E-state index contributed by atoms with van der Waals surface area (Å²) in [5, 5.41) is 0. The third-order valence-corrected chi connectivity index (χ3v) is 2.66. The van der Waals surface area contributed by atoms with Crippen molar-refractivity contribution in [1.82, 2.24) is 4.90 Å². The number of rotatable bonds is 1. The number of likely N-dealkylation sites (tertiary alicyclic amines) is 1. The number of piperidine rings is 1. The molecule has 0 bridgehead atoms. The van der Waals surface area contributed by atoms with Gasteiger partial charge in [-0.3, -0.25) is 4.79 Å². The lowest BCUT2D eigenvalue weighted by molar-refractivity contribution is -0.117. The van der Waals surface area contributed by atoms with Crippen molar-refractivity contribution in [2.75, 3.05) is 20.1 Å². The smallest absolute Gasteiger partial charge is 0.161 e. The van der Waals surface area contributed by atoms with E-state index >= 15 is 0 Å². The zero-order valence-corrected chi connectivity index (χ0v) is 8.94. The third-order valence-electron chi connectivity index (χ3n) is 2.66. The topological polar surface area (TPSA) is 20.3 Å². The summed E-state index contributed by atoms with van der Waals surface area (Å²) in [6, 6.07) is 10.0. The number of hydrogen-bond acceptors (Lipinski definition) is 2. The van der Waals surface area contributed by atoms with E-state index in [0.717, 1.165) is 24.2 Å². The molecule has 2 rings (SSSR count). The van der Waals surface area contributed by atoms with Crippen LogP contribution in [0.5, 0.6) is 0 Å². The van der Waals surface area contributed by atoms with E-state index in [0.29, 0.717) is 6.42 Å². The van der Waals surface area contributed by atoms with Crippen LogP contribution in [-0.4, -0.2) is 30.8 Å². The van der Waals surface area contributed by atoms with Crippen LogP contribution in [0.1, 0.15) is 12.0 Å². The lowest BCUT2D eigenvalue weighted by atomic mass is 10.0. The molecule has 1 aliphatic heterocycles. The Labute approximate surface area is 90.2 Å². The summed E-state index contributed by atoms with van der Waals surface area (Å²) in [6.45, 7) is 1.65. The number of ketones is 1. The van der Waals surface area contributed by atoms with Gasteiger partial charge in [-0.25, -0.2) is 0 Å². The molecule has 0 atom stereocenters. The summed E-state index contributed by atoms with van der Waals surface area (Å²) in [5.74, 6) is 0.289. The molecule has 1 aliphatic rings. The molecular formula is C13H15NO. The largest absolute Gasteiger partial charge is 0.302 e. The Morgan fingerprint density at radius 2 is 2.00 bits per heavy atom. The van der Waals surface area contributed by atoms with Gasteiger partial charge in [-0.1, -0.05) is 30.3 Å². The fourth-order valence-corrected chi connectivity index (χ4v) is 1.79. The maximum atomic E-state index is 11.6. The SMILES string of the molecule is CN1CCC(=O)C(=Cc2ccccc2)C1. The van der Waals surface area contributed by atoms with Gasteiger partial charge in [0.1, 0.15) is 0 Å². The van der Waals surface area contributed by atoms with Crippen molar-refractivity contribution in [3.63, 3.8) is 0 Å². The molecule has 0 radical (unpaired) electrons. The number of nitrogens with zero attached hydrogens (tertiary/aromatic N) is 1. The molecule has 2 heteroatoms. The minimum atomic E-state index is 0.289. The second-order valence-electron chi connectivity index (χ2n) is 3.99. The number of carbonyl (C=O) groups is 1. The van der Waals surface area contributed by atoms with E-state index in [1.807, 2.05) is 43.5 Å². The highest BCUT2D eigenvalue weighted by Gasteiger charge is 2.18. The maximum absolute atomic E-state index is 11.6. The van der Waals surface area contributed by atoms with Crippen LogP contribution < -0.4 is 0 Å². The summed E-state index contributed by atoms with van der Waals surface area (Å²) in [6.07, 6.45) is 2.65. The van der Waals surface area contributed by atoms with Crippen LogP contribution in [0.15, 0.2) is 35.9 Å². The Morgan fingerprint density at radius 1 is 1.27 bits per heavy atom. The van der Waals surface area contributed by atoms with Crippen LogP contribution in [0.2, 0.25) is 0 Å². The normalized spacial score (nSPS) is 20.9. The lowest BCUT2D eigenvalue weighted by Gasteiger charge is -2.23. The van der Waals surface area contributed by atoms with Crippen LogP contribution in [-0.2, 0) is 4.79 Å². The van der Waals surface area contributed by atoms with E-state index in [2.05, 4.69) is 4.90 Å². The molecule has 15 heavy (non-hydrogen) atoms. The van der Waals surface area contributed by atoms with Crippen LogP contribution in [0.4, 0.5) is 0 Å². The van der Waals surface area contributed by atoms with E-state index in [9.17, 15) is 4.79 Å². The number of benzene rings is 1. The van der Waals surface area contributed by atoms with Gasteiger partial charge in [-0.2, -0.15) is 0 Å². The van der Waals surface area contributed by atoms with Gasteiger partial charge in [-0.05, 0) is 18.7 Å². The van der Waals surface area contributed by atoms with E-state index in [-0.39, 0.29) is 5.78 Å². The highest BCUT2D eigenvalue weighted by atomic mass is 16.1. The van der Waals surface area contributed by atoms with Gasteiger partial charge in [0, 0.05) is 25.1 Å². The fraction of sp³-hybridized carbons (Fsp3) is 0.308. The number of carbonyl (C=O) groups excluding carboxylic acids is 1. The fourth-order valence-electron chi connectivity index (χ4n) is 1.79.